The average molecular weight is 288 g/mol. The van der Waals surface area contributed by atoms with Crippen LogP contribution in [0.2, 0.25) is 0 Å². The van der Waals surface area contributed by atoms with Gasteiger partial charge in [0.05, 0.1) is 0 Å². The number of rotatable bonds is 2. The summed E-state index contributed by atoms with van der Waals surface area (Å²) in [7, 11) is 0. The van der Waals surface area contributed by atoms with Crippen molar-refractivity contribution in [1.82, 2.24) is 10.2 Å². The summed E-state index contributed by atoms with van der Waals surface area (Å²) in [6.45, 7) is 3.63. The number of nitrogens with one attached hydrogen (secondary N) is 1. The fraction of sp³-hybridized carbons (Fsp3) is 0.588. The summed E-state index contributed by atoms with van der Waals surface area (Å²) in [5, 5.41) is 13.1. The zero-order valence-electron chi connectivity index (χ0n) is 12.6. The van der Waals surface area contributed by atoms with E-state index in [0.29, 0.717) is 17.8 Å². The molecule has 1 aliphatic carbocycles. The second-order valence-corrected chi connectivity index (χ2v) is 6.26. The van der Waals surface area contributed by atoms with Crippen LogP contribution in [0, 0.1) is 0 Å². The summed E-state index contributed by atoms with van der Waals surface area (Å²) in [6, 6.07) is 6.67. The van der Waals surface area contributed by atoms with E-state index in [9.17, 15) is 9.90 Å². The van der Waals surface area contributed by atoms with E-state index in [1.54, 1.807) is 13.0 Å². The lowest BCUT2D eigenvalue weighted by molar-refractivity contribution is -0.120. The van der Waals surface area contributed by atoms with Gasteiger partial charge in [0.25, 0.3) is 0 Å². The van der Waals surface area contributed by atoms with Crippen LogP contribution in [0.1, 0.15) is 49.8 Å². The molecule has 0 bridgehead atoms. The minimum atomic E-state index is 0.0707. The third-order valence-electron chi connectivity index (χ3n) is 4.83. The van der Waals surface area contributed by atoms with Crippen molar-refractivity contribution in [2.45, 2.75) is 51.1 Å². The predicted octanol–water partition coefficient (Wildman–Crippen LogP) is 2.37. The molecule has 0 aromatic heterocycles. The van der Waals surface area contributed by atoms with Crippen molar-refractivity contribution in [3.63, 3.8) is 0 Å². The number of carbonyl (C=O) groups excluding carboxylic acids is 1. The summed E-state index contributed by atoms with van der Waals surface area (Å²) in [4.78, 5) is 13.7. The Bertz CT molecular complexity index is 522. The summed E-state index contributed by atoms with van der Waals surface area (Å²) < 4.78 is 0. The molecule has 2 N–H and O–H groups in total. The van der Waals surface area contributed by atoms with Crippen LogP contribution in [-0.4, -0.2) is 35.0 Å². The predicted molar refractivity (Wildman–Crippen MR) is 82.2 cm³/mol. The lowest BCUT2D eigenvalue weighted by atomic mass is 9.85. The van der Waals surface area contributed by atoms with Gasteiger partial charge in [-0.25, -0.2) is 0 Å². The molecule has 1 aromatic carbocycles. The summed E-state index contributed by atoms with van der Waals surface area (Å²) in [5.74, 6) is 0.520. The van der Waals surface area contributed by atoms with Crippen LogP contribution < -0.4 is 5.32 Å². The molecule has 4 nitrogen and oxygen atoms in total. The van der Waals surface area contributed by atoms with Crippen molar-refractivity contribution >= 4 is 5.91 Å². The molecular weight excluding hydrogens is 264 g/mol. The van der Waals surface area contributed by atoms with Gasteiger partial charge in [0.1, 0.15) is 5.75 Å². The van der Waals surface area contributed by atoms with E-state index >= 15 is 0 Å². The molecule has 2 aliphatic rings. The Labute approximate surface area is 126 Å². The molecule has 3 rings (SSSR count). The molecule has 4 heteroatoms. The number of phenolic OH excluding ortho intramolecular Hbond substituents is 1. The van der Waals surface area contributed by atoms with E-state index in [1.807, 2.05) is 6.07 Å². The van der Waals surface area contributed by atoms with Crippen molar-refractivity contribution in [1.29, 1.82) is 0 Å². The molecule has 1 heterocycles. The highest BCUT2D eigenvalue weighted by molar-refractivity contribution is 5.73. The van der Waals surface area contributed by atoms with Gasteiger partial charge < -0.3 is 10.4 Å². The van der Waals surface area contributed by atoms with E-state index in [1.165, 1.54) is 12.0 Å². The first-order valence-corrected chi connectivity index (χ1v) is 7.97. The molecule has 0 radical (unpaired) electrons. The average Bonchev–Trinajstić information content (AvgIpc) is 2.48. The highest BCUT2D eigenvalue weighted by Gasteiger charge is 2.30. The van der Waals surface area contributed by atoms with Crippen LogP contribution in [0.5, 0.6) is 5.75 Å². The Balaban J connectivity index is 1.70. The van der Waals surface area contributed by atoms with Gasteiger partial charge in [-0.05, 0) is 49.3 Å². The number of likely N-dealkylation sites (tertiary alicyclic amines) is 1. The maximum atomic E-state index is 11.1. The number of fused-ring (bicyclic) bond motifs is 1. The van der Waals surface area contributed by atoms with E-state index in [4.69, 9.17) is 0 Å². The molecule has 1 aromatic rings. The first-order valence-electron chi connectivity index (χ1n) is 7.97. The van der Waals surface area contributed by atoms with Gasteiger partial charge in [-0.2, -0.15) is 0 Å². The summed E-state index contributed by atoms with van der Waals surface area (Å²) in [6.07, 6.45) is 5.33. The Morgan fingerprint density at radius 3 is 2.76 bits per heavy atom. The maximum Gasteiger partial charge on any atom is 0.217 e. The second kappa shape index (κ2) is 6.06. The molecule has 0 saturated carbocycles. The monoisotopic (exact) mass is 288 g/mol. The lowest BCUT2D eigenvalue weighted by Crippen LogP contribution is -2.45. The summed E-state index contributed by atoms with van der Waals surface area (Å²) >= 11 is 0. The topological polar surface area (TPSA) is 52.6 Å². The van der Waals surface area contributed by atoms with Crippen LogP contribution in [0.25, 0.3) is 0 Å². The Morgan fingerprint density at radius 1 is 1.29 bits per heavy atom. The van der Waals surface area contributed by atoms with Crippen LogP contribution in [0.15, 0.2) is 18.2 Å². The summed E-state index contributed by atoms with van der Waals surface area (Å²) in [5.41, 5.74) is 2.44. The number of carbonyl (C=O) groups is 1. The van der Waals surface area contributed by atoms with Gasteiger partial charge >= 0.3 is 0 Å². The molecule has 1 saturated heterocycles. The molecule has 1 unspecified atom stereocenters. The van der Waals surface area contributed by atoms with Crippen LogP contribution >= 0.6 is 0 Å². The fourth-order valence-corrected chi connectivity index (χ4v) is 3.83. The molecule has 114 valence electrons. The Morgan fingerprint density at radius 2 is 2.05 bits per heavy atom. The number of piperidine rings is 1. The van der Waals surface area contributed by atoms with Crippen molar-refractivity contribution in [3.8, 4) is 5.75 Å². The van der Waals surface area contributed by atoms with Gasteiger partial charge in [0, 0.05) is 32.1 Å². The van der Waals surface area contributed by atoms with Crippen LogP contribution in [0.4, 0.5) is 0 Å². The smallest absolute Gasteiger partial charge is 0.217 e. The largest absolute Gasteiger partial charge is 0.508 e. The Hall–Kier alpha value is -1.55. The highest BCUT2D eigenvalue weighted by Crippen LogP contribution is 2.39. The van der Waals surface area contributed by atoms with Crippen LogP contribution in [-0.2, 0) is 11.2 Å². The van der Waals surface area contributed by atoms with Crippen molar-refractivity contribution in [2.24, 2.45) is 0 Å². The standard InChI is InChI=1S/C17H24N2O2/c1-12(20)18-13-8-10-19(11-9-13)16-6-2-5-15-14(16)4-3-7-17(15)21/h3-4,7,13,16,21H,2,5-6,8-11H2,1H3,(H,18,20). The highest BCUT2D eigenvalue weighted by atomic mass is 16.3. The molecule has 1 atom stereocenters. The number of nitrogens with zero attached hydrogens (tertiary/aromatic N) is 1. The molecule has 21 heavy (non-hydrogen) atoms. The number of hydrogen-bond donors (Lipinski definition) is 2. The SMILES string of the molecule is CC(=O)NC1CCN(C2CCCc3c(O)cccc32)CC1. The second-order valence-electron chi connectivity index (χ2n) is 6.26. The number of phenols is 1. The molecule has 0 spiro atoms. The van der Waals surface area contributed by atoms with Gasteiger partial charge in [-0.1, -0.05) is 12.1 Å². The van der Waals surface area contributed by atoms with Gasteiger partial charge in [-0.3, -0.25) is 9.69 Å². The molecule has 1 amide bonds. The van der Waals surface area contributed by atoms with E-state index < -0.39 is 0 Å². The molecular formula is C17H24N2O2. The molecule has 1 aliphatic heterocycles. The zero-order chi connectivity index (χ0) is 14.8. The van der Waals surface area contributed by atoms with E-state index in [0.717, 1.165) is 44.3 Å². The van der Waals surface area contributed by atoms with Crippen molar-refractivity contribution < 1.29 is 9.90 Å². The normalized spacial score (nSPS) is 23.6. The third-order valence-corrected chi connectivity index (χ3v) is 4.83. The Kier molecular flexibility index (Phi) is 4.15. The third kappa shape index (κ3) is 3.05. The van der Waals surface area contributed by atoms with Crippen LogP contribution in [0.3, 0.4) is 0 Å². The number of benzene rings is 1. The zero-order valence-corrected chi connectivity index (χ0v) is 12.6. The quantitative estimate of drug-likeness (QED) is 0.878. The van der Waals surface area contributed by atoms with E-state index in [-0.39, 0.29) is 5.91 Å². The number of amides is 1. The molecule has 1 fully saturated rings. The van der Waals surface area contributed by atoms with Crippen molar-refractivity contribution in [2.75, 3.05) is 13.1 Å². The maximum absolute atomic E-state index is 11.1. The fourth-order valence-electron chi connectivity index (χ4n) is 3.83. The first-order chi connectivity index (χ1) is 10.1. The number of hydrogen-bond acceptors (Lipinski definition) is 3. The number of aromatic hydroxyl groups is 1. The lowest BCUT2D eigenvalue weighted by Gasteiger charge is -2.40. The first kappa shape index (κ1) is 14.4. The van der Waals surface area contributed by atoms with Gasteiger partial charge in [0.15, 0.2) is 0 Å². The minimum absolute atomic E-state index is 0.0707. The van der Waals surface area contributed by atoms with Crippen molar-refractivity contribution in [3.05, 3.63) is 29.3 Å². The van der Waals surface area contributed by atoms with E-state index in [2.05, 4.69) is 16.3 Å². The van der Waals surface area contributed by atoms with Gasteiger partial charge in [0.2, 0.25) is 5.91 Å². The van der Waals surface area contributed by atoms with Gasteiger partial charge in [-0.15, -0.1) is 0 Å². The minimum Gasteiger partial charge on any atom is -0.508 e.